The Balaban J connectivity index is 1.81. The monoisotopic (exact) mass is 238 g/mol. The Morgan fingerprint density at radius 1 is 1.24 bits per heavy atom. The van der Waals surface area contributed by atoms with E-state index in [1.165, 1.54) is 6.42 Å². The van der Waals surface area contributed by atoms with Crippen molar-refractivity contribution in [3.63, 3.8) is 0 Å². The van der Waals surface area contributed by atoms with Crippen molar-refractivity contribution in [1.82, 2.24) is 0 Å². The van der Waals surface area contributed by atoms with Gasteiger partial charge in [0.15, 0.2) is 0 Å². The maximum Gasteiger partial charge on any atom is 0.308 e. The van der Waals surface area contributed by atoms with Gasteiger partial charge in [0, 0.05) is 6.42 Å². The summed E-state index contributed by atoms with van der Waals surface area (Å²) in [5.74, 6) is 0.968. The van der Waals surface area contributed by atoms with Crippen molar-refractivity contribution >= 4 is 5.97 Å². The molecule has 4 fully saturated rings. The Kier molecular flexibility index (Phi) is 2.35. The summed E-state index contributed by atoms with van der Waals surface area (Å²) in [6.07, 6.45) is 5.69. The first kappa shape index (κ1) is 11.5. The van der Waals surface area contributed by atoms with E-state index in [1.54, 1.807) is 0 Å². The van der Waals surface area contributed by atoms with E-state index in [0.717, 1.165) is 25.7 Å². The molecule has 17 heavy (non-hydrogen) atoms. The number of esters is 1. The Bertz CT molecular complexity index is 333. The van der Waals surface area contributed by atoms with E-state index in [4.69, 9.17) is 4.74 Å². The smallest absolute Gasteiger partial charge is 0.308 e. The predicted molar refractivity (Wildman–Crippen MR) is 63.3 cm³/mol. The number of rotatable bonds is 2. The summed E-state index contributed by atoms with van der Waals surface area (Å²) in [4.78, 5) is 11.8. The van der Waals surface area contributed by atoms with Gasteiger partial charge in [0.25, 0.3) is 0 Å². The number of ether oxygens (including phenoxy) is 1. The zero-order chi connectivity index (χ0) is 12.3. The second-order valence-corrected chi connectivity index (χ2v) is 6.94. The van der Waals surface area contributed by atoms with Crippen LogP contribution >= 0.6 is 0 Å². The van der Waals surface area contributed by atoms with Crippen LogP contribution in [0.4, 0.5) is 0 Å². The summed E-state index contributed by atoms with van der Waals surface area (Å²) in [5, 5.41) is 10.5. The number of aliphatic hydroxyl groups is 1. The highest BCUT2D eigenvalue weighted by Gasteiger charge is 2.59. The fourth-order valence-electron chi connectivity index (χ4n) is 4.58. The summed E-state index contributed by atoms with van der Waals surface area (Å²) in [6, 6.07) is 0. The van der Waals surface area contributed by atoms with Crippen LogP contribution < -0.4 is 0 Å². The number of hydrogen-bond donors (Lipinski definition) is 1. The fourth-order valence-corrected chi connectivity index (χ4v) is 4.58. The van der Waals surface area contributed by atoms with Gasteiger partial charge in [-0.15, -0.1) is 0 Å². The minimum Gasteiger partial charge on any atom is -0.459 e. The summed E-state index contributed by atoms with van der Waals surface area (Å²) < 4.78 is 5.78. The third kappa shape index (κ3) is 1.88. The Labute approximate surface area is 103 Å². The van der Waals surface area contributed by atoms with E-state index in [9.17, 15) is 9.90 Å². The normalized spacial score (nSPS) is 47.5. The van der Waals surface area contributed by atoms with E-state index in [2.05, 4.69) is 0 Å². The van der Waals surface area contributed by atoms with Crippen LogP contribution in [0.25, 0.3) is 0 Å². The highest BCUT2D eigenvalue weighted by Crippen LogP contribution is 2.58. The van der Waals surface area contributed by atoms with E-state index in [0.29, 0.717) is 18.3 Å². The average Bonchev–Trinajstić information content (AvgIpc) is 2.11. The Hall–Kier alpha value is -0.570. The quantitative estimate of drug-likeness (QED) is 0.751. The zero-order valence-corrected chi connectivity index (χ0v) is 10.7. The van der Waals surface area contributed by atoms with E-state index in [1.807, 2.05) is 13.8 Å². The molecule has 0 amide bonds. The topological polar surface area (TPSA) is 46.5 Å². The minimum absolute atomic E-state index is 0.0716. The lowest BCUT2D eigenvalue weighted by molar-refractivity contribution is -0.221. The lowest BCUT2D eigenvalue weighted by Gasteiger charge is -2.59. The second-order valence-electron chi connectivity index (χ2n) is 6.94. The van der Waals surface area contributed by atoms with Gasteiger partial charge in [-0.3, -0.25) is 4.79 Å². The second kappa shape index (κ2) is 3.47. The molecule has 4 aliphatic rings. The van der Waals surface area contributed by atoms with Crippen molar-refractivity contribution in [3.05, 3.63) is 0 Å². The third-order valence-corrected chi connectivity index (χ3v) is 4.77. The number of hydrogen-bond acceptors (Lipinski definition) is 3. The van der Waals surface area contributed by atoms with E-state index < -0.39 is 5.60 Å². The molecule has 4 aliphatic carbocycles. The zero-order valence-electron chi connectivity index (χ0n) is 10.7. The number of carbonyl (C=O) groups excluding carboxylic acids is 1. The van der Waals surface area contributed by atoms with Crippen LogP contribution in [0.1, 0.15) is 52.4 Å². The maximum absolute atomic E-state index is 11.8. The standard InChI is InChI=1S/C14H22O3/c1-9(2)12(15)17-14-6-10-3-11(7-14)5-13(16,4-10)8-14/h9-11,16H,3-8H2,1-2H3. The minimum atomic E-state index is -0.540. The molecular formula is C14H22O3. The Morgan fingerprint density at radius 2 is 1.82 bits per heavy atom. The fraction of sp³-hybridized carbons (Fsp3) is 0.929. The van der Waals surface area contributed by atoms with Gasteiger partial charge in [0.2, 0.25) is 0 Å². The molecule has 1 N–H and O–H groups in total. The first-order chi connectivity index (χ1) is 7.90. The predicted octanol–water partition coefficient (Wildman–Crippen LogP) is 2.27. The van der Waals surface area contributed by atoms with Crippen molar-refractivity contribution in [3.8, 4) is 0 Å². The highest BCUT2D eigenvalue weighted by molar-refractivity contribution is 5.72. The van der Waals surface area contributed by atoms with Crippen LogP contribution in [0.3, 0.4) is 0 Å². The molecule has 0 spiro atoms. The van der Waals surface area contributed by atoms with Crippen LogP contribution in [0.15, 0.2) is 0 Å². The third-order valence-electron chi connectivity index (χ3n) is 4.77. The lowest BCUT2D eigenvalue weighted by atomic mass is 9.52. The van der Waals surface area contributed by atoms with Gasteiger partial charge in [-0.1, -0.05) is 13.8 Å². The van der Waals surface area contributed by atoms with Crippen LogP contribution in [-0.4, -0.2) is 22.3 Å². The van der Waals surface area contributed by atoms with Gasteiger partial charge in [0.05, 0.1) is 11.5 Å². The molecule has 2 atom stereocenters. The molecule has 4 rings (SSSR count). The molecule has 96 valence electrons. The van der Waals surface area contributed by atoms with Gasteiger partial charge >= 0.3 is 5.97 Å². The van der Waals surface area contributed by atoms with Crippen LogP contribution in [-0.2, 0) is 9.53 Å². The molecule has 2 unspecified atom stereocenters. The Morgan fingerprint density at radius 3 is 2.29 bits per heavy atom. The molecule has 0 saturated heterocycles. The molecule has 0 aromatic carbocycles. The van der Waals surface area contributed by atoms with Gasteiger partial charge in [-0.2, -0.15) is 0 Å². The van der Waals surface area contributed by atoms with Crippen molar-refractivity contribution in [2.24, 2.45) is 17.8 Å². The molecule has 4 saturated carbocycles. The highest BCUT2D eigenvalue weighted by atomic mass is 16.6. The van der Waals surface area contributed by atoms with E-state index >= 15 is 0 Å². The largest absolute Gasteiger partial charge is 0.459 e. The first-order valence-electron chi connectivity index (χ1n) is 6.85. The molecule has 0 radical (unpaired) electrons. The summed E-state index contributed by atoms with van der Waals surface area (Å²) in [6.45, 7) is 3.75. The molecule has 3 heteroatoms. The molecular weight excluding hydrogens is 216 g/mol. The lowest BCUT2D eigenvalue weighted by Crippen LogP contribution is -2.60. The molecule has 0 aliphatic heterocycles. The van der Waals surface area contributed by atoms with Gasteiger partial charge in [-0.25, -0.2) is 0 Å². The molecule has 4 bridgehead atoms. The van der Waals surface area contributed by atoms with Crippen LogP contribution in [0.5, 0.6) is 0 Å². The summed E-state index contributed by atoms with van der Waals surface area (Å²) in [5.41, 5.74) is -0.873. The first-order valence-corrected chi connectivity index (χ1v) is 6.85. The molecule has 3 nitrogen and oxygen atoms in total. The van der Waals surface area contributed by atoms with Gasteiger partial charge in [-0.05, 0) is 43.9 Å². The molecule has 0 aromatic heterocycles. The summed E-state index contributed by atoms with van der Waals surface area (Å²) in [7, 11) is 0. The van der Waals surface area contributed by atoms with Crippen molar-refractivity contribution < 1.29 is 14.6 Å². The molecule has 0 aromatic rings. The van der Waals surface area contributed by atoms with Gasteiger partial charge < -0.3 is 9.84 Å². The van der Waals surface area contributed by atoms with E-state index in [-0.39, 0.29) is 17.5 Å². The van der Waals surface area contributed by atoms with Crippen LogP contribution in [0.2, 0.25) is 0 Å². The SMILES string of the molecule is CC(C)C(=O)OC12CC3CC(CC(O)(C3)C1)C2. The van der Waals surface area contributed by atoms with Crippen LogP contribution in [0, 0.1) is 17.8 Å². The average molecular weight is 238 g/mol. The van der Waals surface area contributed by atoms with Gasteiger partial charge in [0.1, 0.15) is 5.60 Å². The number of carbonyl (C=O) groups is 1. The van der Waals surface area contributed by atoms with Crippen molar-refractivity contribution in [2.75, 3.05) is 0 Å². The summed E-state index contributed by atoms with van der Waals surface area (Å²) >= 11 is 0. The maximum atomic E-state index is 11.8. The molecule has 0 heterocycles. The van der Waals surface area contributed by atoms with Crippen molar-refractivity contribution in [1.29, 1.82) is 0 Å². The van der Waals surface area contributed by atoms with Crippen molar-refractivity contribution in [2.45, 2.75) is 63.6 Å².